The quantitative estimate of drug-likeness (QED) is 0.534. The zero-order valence-corrected chi connectivity index (χ0v) is 12.7. The lowest BCUT2D eigenvalue weighted by Crippen LogP contribution is -2.19. The van der Waals surface area contributed by atoms with Crippen LogP contribution in [0.4, 0.5) is 0 Å². The maximum absolute atomic E-state index is 6.25. The van der Waals surface area contributed by atoms with Crippen LogP contribution in [0.5, 0.6) is 5.75 Å². The van der Waals surface area contributed by atoms with Crippen LogP contribution in [-0.4, -0.2) is 13.2 Å². The monoisotopic (exact) mass is 281 g/mol. The Kier molecular flexibility index (Phi) is 7.61. The summed E-state index contributed by atoms with van der Waals surface area (Å²) in [7, 11) is 0. The van der Waals surface area contributed by atoms with Gasteiger partial charge in [-0.1, -0.05) is 37.6 Å². The molecule has 0 saturated heterocycles. The summed E-state index contributed by atoms with van der Waals surface area (Å²) in [5.41, 5.74) is 1.04. The Labute approximate surface area is 121 Å². The number of hydrogen-bond donors (Lipinski definition) is 1. The second-order valence-corrected chi connectivity index (χ2v) is 5.43. The van der Waals surface area contributed by atoms with Gasteiger partial charge in [0, 0.05) is 17.1 Å². The van der Waals surface area contributed by atoms with Crippen LogP contribution in [0.3, 0.4) is 0 Å². The van der Waals surface area contributed by atoms with E-state index in [-0.39, 0.29) is 0 Å². The van der Waals surface area contributed by atoms with Gasteiger partial charge in [0.1, 0.15) is 5.75 Å². The summed E-state index contributed by atoms with van der Waals surface area (Å²) in [4.78, 5) is 0. The first kappa shape index (κ1) is 16.1. The fourth-order valence-corrected chi connectivity index (χ4v) is 1.97. The molecular formula is C16H24ClNO. The SMILES string of the molecule is C=CCCCOc1cccc(Cl)c1CNCC(C)C. The van der Waals surface area contributed by atoms with E-state index in [2.05, 4.69) is 25.7 Å². The molecule has 0 atom stereocenters. The first-order valence-electron chi connectivity index (χ1n) is 6.87. The molecule has 19 heavy (non-hydrogen) atoms. The molecule has 0 radical (unpaired) electrons. The van der Waals surface area contributed by atoms with E-state index in [9.17, 15) is 0 Å². The van der Waals surface area contributed by atoms with Crippen LogP contribution in [0.15, 0.2) is 30.9 Å². The third kappa shape index (κ3) is 6.13. The van der Waals surface area contributed by atoms with Crippen molar-refractivity contribution in [1.82, 2.24) is 5.32 Å². The minimum Gasteiger partial charge on any atom is -0.493 e. The Morgan fingerprint density at radius 2 is 2.21 bits per heavy atom. The number of ether oxygens (including phenoxy) is 1. The molecule has 0 fully saturated rings. The summed E-state index contributed by atoms with van der Waals surface area (Å²) in [5, 5.41) is 4.16. The third-order valence-electron chi connectivity index (χ3n) is 2.74. The van der Waals surface area contributed by atoms with E-state index in [4.69, 9.17) is 16.3 Å². The first-order valence-corrected chi connectivity index (χ1v) is 7.24. The van der Waals surface area contributed by atoms with Crippen molar-refractivity contribution in [3.63, 3.8) is 0 Å². The third-order valence-corrected chi connectivity index (χ3v) is 3.09. The molecule has 0 aliphatic rings. The topological polar surface area (TPSA) is 21.3 Å². The fourth-order valence-electron chi connectivity index (χ4n) is 1.74. The standard InChI is InChI=1S/C16H24ClNO/c1-4-5-6-10-19-16-9-7-8-15(17)14(16)12-18-11-13(2)3/h4,7-9,13,18H,1,5-6,10-12H2,2-3H3. The summed E-state index contributed by atoms with van der Waals surface area (Å²) in [6.07, 6.45) is 3.86. The van der Waals surface area contributed by atoms with Gasteiger partial charge in [-0.25, -0.2) is 0 Å². The van der Waals surface area contributed by atoms with Crippen LogP contribution in [0.2, 0.25) is 5.02 Å². The lowest BCUT2D eigenvalue weighted by atomic mass is 10.1. The van der Waals surface area contributed by atoms with E-state index in [1.807, 2.05) is 24.3 Å². The fraction of sp³-hybridized carbons (Fsp3) is 0.500. The number of allylic oxidation sites excluding steroid dienone is 1. The number of halogens is 1. The number of nitrogens with one attached hydrogen (secondary N) is 1. The Balaban J connectivity index is 2.58. The summed E-state index contributed by atoms with van der Waals surface area (Å²) in [5.74, 6) is 1.51. The molecule has 0 aromatic heterocycles. The van der Waals surface area contributed by atoms with E-state index in [0.29, 0.717) is 12.5 Å². The van der Waals surface area contributed by atoms with Crippen LogP contribution < -0.4 is 10.1 Å². The summed E-state index contributed by atoms with van der Waals surface area (Å²) >= 11 is 6.25. The molecule has 0 aliphatic carbocycles. The number of unbranched alkanes of at least 4 members (excludes halogenated alkanes) is 1. The van der Waals surface area contributed by atoms with Gasteiger partial charge in [-0.05, 0) is 37.4 Å². The highest BCUT2D eigenvalue weighted by Gasteiger charge is 2.08. The minimum atomic E-state index is 0.624. The van der Waals surface area contributed by atoms with Crippen LogP contribution in [0.1, 0.15) is 32.3 Å². The molecule has 0 aliphatic heterocycles. The van der Waals surface area contributed by atoms with Crippen molar-refractivity contribution in [1.29, 1.82) is 0 Å². The highest BCUT2D eigenvalue weighted by Crippen LogP contribution is 2.26. The second-order valence-electron chi connectivity index (χ2n) is 5.02. The molecule has 0 amide bonds. The molecule has 0 unspecified atom stereocenters. The number of benzene rings is 1. The van der Waals surface area contributed by atoms with Crippen molar-refractivity contribution in [2.24, 2.45) is 5.92 Å². The van der Waals surface area contributed by atoms with Gasteiger partial charge in [-0.2, -0.15) is 0 Å². The van der Waals surface area contributed by atoms with Gasteiger partial charge in [0.2, 0.25) is 0 Å². The van der Waals surface area contributed by atoms with Gasteiger partial charge in [-0.3, -0.25) is 0 Å². The van der Waals surface area contributed by atoms with Gasteiger partial charge >= 0.3 is 0 Å². The normalized spacial score (nSPS) is 10.7. The van der Waals surface area contributed by atoms with Gasteiger partial charge in [-0.15, -0.1) is 6.58 Å². The van der Waals surface area contributed by atoms with Crippen LogP contribution in [0.25, 0.3) is 0 Å². The first-order chi connectivity index (χ1) is 9.15. The van der Waals surface area contributed by atoms with Gasteiger partial charge in [0.25, 0.3) is 0 Å². The lowest BCUT2D eigenvalue weighted by molar-refractivity contribution is 0.308. The molecule has 0 saturated carbocycles. The zero-order valence-electron chi connectivity index (χ0n) is 11.9. The molecule has 0 spiro atoms. The highest BCUT2D eigenvalue weighted by atomic mass is 35.5. The smallest absolute Gasteiger partial charge is 0.125 e. The van der Waals surface area contributed by atoms with E-state index in [1.165, 1.54) is 0 Å². The average Bonchev–Trinajstić information content (AvgIpc) is 2.37. The largest absolute Gasteiger partial charge is 0.493 e. The molecule has 3 heteroatoms. The molecule has 106 valence electrons. The number of hydrogen-bond acceptors (Lipinski definition) is 2. The summed E-state index contributed by atoms with van der Waals surface area (Å²) in [6, 6.07) is 5.81. The zero-order chi connectivity index (χ0) is 14.1. The van der Waals surface area contributed by atoms with Crippen molar-refractivity contribution >= 4 is 11.6 Å². The molecule has 1 aromatic rings. The Morgan fingerprint density at radius 1 is 1.42 bits per heavy atom. The van der Waals surface area contributed by atoms with Crippen LogP contribution >= 0.6 is 11.6 Å². The van der Waals surface area contributed by atoms with Gasteiger partial charge in [0.05, 0.1) is 6.61 Å². The molecule has 1 rings (SSSR count). The number of rotatable bonds is 9. The van der Waals surface area contributed by atoms with E-state index >= 15 is 0 Å². The van der Waals surface area contributed by atoms with Crippen LogP contribution in [-0.2, 0) is 6.54 Å². The maximum Gasteiger partial charge on any atom is 0.125 e. The maximum atomic E-state index is 6.25. The predicted octanol–water partition coefficient (Wildman–Crippen LogP) is 4.43. The van der Waals surface area contributed by atoms with E-state index in [0.717, 1.165) is 42.3 Å². The van der Waals surface area contributed by atoms with Crippen molar-refractivity contribution in [3.8, 4) is 5.75 Å². The van der Waals surface area contributed by atoms with Gasteiger partial charge in [0.15, 0.2) is 0 Å². The average molecular weight is 282 g/mol. The minimum absolute atomic E-state index is 0.624. The lowest BCUT2D eigenvalue weighted by Gasteiger charge is -2.14. The Hall–Kier alpha value is -0.990. The second kappa shape index (κ2) is 9.00. The Morgan fingerprint density at radius 3 is 2.89 bits per heavy atom. The summed E-state index contributed by atoms with van der Waals surface area (Å²) < 4.78 is 5.81. The molecule has 1 N–H and O–H groups in total. The molecule has 0 heterocycles. The van der Waals surface area contributed by atoms with Crippen molar-refractivity contribution in [3.05, 3.63) is 41.4 Å². The van der Waals surface area contributed by atoms with E-state index in [1.54, 1.807) is 0 Å². The molecular weight excluding hydrogens is 258 g/mol. The van der Waals surface area contributed by atoms with Crippen molar-refractivity contribution < 1.29 is 4.74 Å². The Bertz CT molecular complexity index is 390. The van der Waals surface area contributed by atoms with E-state index < -0.39 is 0 Å². The molecule has 1 aromatic carbocycles. The highest BCUT2D eigenvalue weighted by molar-refractivity contribution is 6.31. The molecule has 2 nitrogen and oxygen atoms in total. The van der Waals surface area contributed by atoms with Gasteiger partial charge < -0.3 is 10.1 Å². The van der Waals surface area contributed by atoms with Crippen LogP contribution in [0, 0.1) is 5.92 Å². The molecule has 0 bridgehead atoms. The predicted molar refractivity (Wildman–Crippen MR) is 82.9 cm³/mol. The van der Waals surface area contributed by atoms with Crippen molar-refractivity contribution in [2.45, 2.75) is 33.2 Å². The van der Waals surface area contributed by atoms with Crippen molar-refractivity contribution in [2.75, 3.05) is 13.2 Å². The summed E-state index contributed by atoms with van der Waals surface area (Å²) in [6.45, 7) is 10.5.